The molecule has 0 N–H and O–H groups in total. The fourth-order valence-corrected chi connectivity index (χ4v) is 3.36. The van der Waals surface area contributed by atoms with Gasteiger partial charge >= 0.3 is 5.97 Å². The summed E-state index contributed by atoms with van der Waals surface area (Å²) in [5, 5.41) is 0. The molecular weight excluding hydrogens is 224 g/mol. The van der Waals surface area contributed by atoms with Crippen molar-refractivity contribution in [2.75, 3.05) is 14.2 Å². The van der Waals surface area contributed by atoms with E-state index in [0.29, 0.717) is 0 Å². The second-order valence-electron chi connectivity index (χ2n) is 3.55. The largest absolute Gasteiger partial charge is 0.464 e. The first-order valence-electron chi connectivity index (χ1n) is 5.50. The molecule has 0 bridgehead atoms. The van der Waals surface area contributed by atoms with Gasteiger partial charge in [0.25, 0.3) is 0 Å². The lowest BCUT2D eigenvalue weighted by molar-refractivity contribution is -0.153. The number of hydrogen-bond donors (Lipinski definition) is 0. The highest BCUT2D eigenvalue weighted by molar-refractivity contribution is 6.41. The van der Waals surface area contributed by atoms with Crippen LogP contribution in [0.1, 0.15) is 26.7 Å². The molecule has 0 spiro atoms. The fourth-order valence-electron chi connectivity index (χ4n) is 1.51. The van der Waals surface area contributed by atoms with Crippen molar-refractivity contribution in [1.29, 1.82) is 0 Å². The maximum atomic E-state index is 11.1. The van der Waals surface area contributed by atoms with E-state index in [9.17, 15) is 4.79 Å². The number of hydrogen-bond acceptors (Lipinski definition) is 4. The molecule has 0 rings (SSSR count). The lowest BCUT2D eigenvalue weighted by Crippen LogP contribution is -2.46. The average molecular weight is 246 g/mol. The van der Waals surface area contributed by atoms with Crippen LogP contribution in [0.25, 0.3) is 0 Å². The second kappa shape index (κ2) is 7.59. The minimum Gasteiger partial charge on any atom is -0.464 e. The number of carbonyl (C=O) groups excluding carboxylic acids is 1. The van der Waals surface area contributed by atoms with Gasteiger partial charge in [0.15, 0.2) is 0 Å². The van der Waals surface area contributed by atoms with Crippen molar-refractivity contribution >= 4 is 15.5 Å². The van der Waals surface area contributed by atoms with E-state index >= 15 is 0 Å². The zero-order valence-corrected chi connectivity index (χ0v) is 12.0. The zero-order valence-electron chi connectivity index (χ0n) is 10.6. The zero-order chi connectivity index (χ0) is 12.6. The van der Waals surface area contributed by atoms with Crippen LogP contribution in [-0.4, -0.2) is 40.8 Å². The van der Waals surface area contributed by atoms with Gasteiger partial charge in [0.2, 0.25) is 0 Å². The molecule has 5 heteroatoms. The molecule has 0 radical (unpaired) electrons. The summed E-state index contributed by atoms with van der Waals surface area (Å²) in [7, 11) is 2.40. The summed E-state index contributed by atoms with van der Waals surface area (Å²) in [5.74, 6) is -0.378. The third-order valence-electron chi connectivity index (χ3n) is 2.73. The Hall–Kier alpha value is -0.653. The lowest BCUT2D eigenvalue weighted by atomic mass is 10.4. The van der Waals surface area contributed by atoms with E-state index in [4.69, 9.17) is 14.2 Å². The van der Waals surface area contributed by atoms with Crippen molar-refractivity contribution < 1.29 is 19.0 Å². The summed E-state index contributed by atoms with van der Waals surface area (Å²) in [4.78, 5) is 11.1. The number of methoxy groups -OCH3 is 2. The molecule has 0 fully saturated rings. The van der Waals surface area contributed by atoms with Crippen molar-refractivity contribution in [3.63, 3.8) is 0 Å². The molecule has 0 saturated carbocycles. The molecule has 4 nitrogen and oxygen atoms in total. The van der Waals surface area contributed by atoms with Crippen LogP contribution in [0.4, 0.5) is 0 Å². The van der Waals surface area contributed by atoms with Gasteiger partial charge < -0.3 is 14.2 Å². The van der Waals surface area contributed by atoms with Gasteiger partial charge in [-0.3, -0.25) is 0 Å². The van der Waals surface area contributed by atoms with Gasteiger partial charge in [0.05, 0.1) is 5.73 Å². The van der Waals surface area contributed by atoms with E-state index in [1.54, 1.807) is 14.2 Å². The van der Waals surface area contributed by atoms with Crippen LogP contribution < -0.4 is 0 Å². The van der Waals surface area contributed by atoms with Crippen LogP contribution >= 0.6 is 0 Å². The Morgan fingerprint density at radius 2 is 2.00 bits per heavy atom. The fraction of sp³-hybridized carbons (Fsp3) is 0.727. The third kappa shape index (κ3) is 4.47. The molecule has 0 aliphatic carbocycles. The van der Waals surface area contributed by atoms with Gasteiger partial charge in [0, 0.05) is 20.3 Å². The average Bonchev–Trinajstić information content (AvgIpc) is 2.34. The highest BCUT2D eigenvalue weighted by Crippen LogP contribution is 2.17. The van der Waals surface area contributed by atoms with Gasteiger partial charge in [-0.2, -0.15) is 0 Å². The summed E-state index contributed by atoms with van der Waals surface area (Å²) in [6, 6.07) is 0. The van der Waals surface area contributed by atoms with Gasteiger partial charge in [-0.1, -0.05) is 20.4 Å². The van der Waals surface area contributed by atoms with Crippen molar-refractivity contribution in [1.82, 2.24) is 0 Å². The third-order valence-corrected chi connectivity index (χ3v) is 5.62. The van der Waals surface area contributed by atoms with E-state index in [0.717, 1.165) is 12.8 Å². The van der Waals surface area contributed by atoms with Gasteiger partial charge in [-0.05, 0) is 12.8 Å². The summed E-state index contributed by atoms with van der Waals surface area (Å²) in [6.45, 7) is 7.37. The first kappa shape index (κ1) is 15.3. The second-order valence-corrected chi connectivity index (χ2v) is 5.94. The molecule has 0 aliphatic rings. The molecule has 0 saturated heterocycles. The predicted octanol–water partition coefficient (Wildman–Crippen LogP) is 0.977. The lowest BCUT2D eigenvalue weighted by Gasteiger charge is -2.32. The highest BCUT2D eigenvalue weighted by atomic mass is 28.2. The molecule has 0 aromatic carbocycles. The van der Waals surface area contributed by atoms with Gasteiger partial charge in [-0.15, -0.1) is 0 Å². The molecule has 16 heavy (non-hydrogen) atoms. The Labute approximate surface area is 99.8 Å². The Balaban J connectivity index is 4.48. The molecule has 1 atom stereocenters. The highest BCUT2D eigenvalue weighted by Gasteiger charge is 2.32. The van der Waals surface area contributed by atoms with Gasteiger partial charge in [-0.25, -0.2) is 4.79 Å². The molecular formula is C11H22O4Si. The number of ether oxygens (including phenoxy) is 3. The summed E-state index contributed by atoms with van der Waals surface area (Å²) in [5.41, 5.74) is -0.618. The standard InChI is InChI=1S/C11H22O4Si/c1-6-9(12)15-10(7-2)16-11(8-3,13-4)14-5/h6,10H,1,7-8,16H2,2-5H3. The maximum absolute atomic E-state index is 11.1. The van der Waals surface area contributed by atoms with Crippen LogP contribution in [0.2, 0.25) is 0 Å². The number of esters is 1. The molecule has 94 valence electrons. The Bertz CT molecular complexity index is 218. The smallest absolute Gasteiger partial charge is 0.330 e. The Kier molecular flexibility index (Phi) is 7.28. The Morgan fingerprint density at radius 1 is 1.44 bits per heavy atom. The molecule has 0 amide bonds. The van der Waals surface area contributed by atoms with Crippen molar-refractivity contribution in [2.45, 2.75) is 37.8 Å². The van der Waals surface area contributed by atoms with Crippen molar-refractivity contribution in [3.05, 3.63) is 12.7 Å². The molecule has 0 aromatic rings. The maximum Gasteiger partial charge on any atom is 0.330 e. The molecule has 1 unspecified atom stereocenters. The van der Waals surface area contributed by atoms with E-state index in [1.807, 2.05) is 13.8 Å². The minimum atomic E-state index is -0.855. The van der Waals surface area contributed by atoms with Crippen LogP contribution in [0.5, 0.6) is 0 Å². The topological polar surface area (TPSA) is 44.8 Å². The monoisotopic (exact) mass is 246 g/mol. The van der Waals surface area contributed by atoms with E-state index in [2.05, 4.69) is 6.58 Å². The first-order valence-corrected chi connectivity index (χ1v) is 7.03. The van der Waals surface area contributed by atoms with Crippen molar-refractivity contribution in [3.8, 4) is 0 Å². The van der Waals surface area contributed by atoms with Gasteiger partial charge in [0.1, 0.15) is 14.9 Å². The van der Waals surface area contributed by atoms with Crippen LogP contribution in [-0.2, 0) is 19.0 Å². The Morgan fingerprint density at radius 3 is 2.31 bits per heavy atom. The summed E-state index contributed by atoms with van der Waals surface area (Å²) in [6.07, 6.45) is 2.72. The van der Waals surface area contributed by atoms with Crippen LogP contribution in [0.15, 0.2) is 12.7 Å². The van der Waals surface area contributed by atoms with Crippen LogP contribution in [0.3, 0.4) is 0 Å². The van der Waals surface area contributed by atoms with E-state index in [1.165, 1.54) is 6.08 Å². The SMILES string of the molecule is C=CC(=O)OC(CC)[SiH2]C(CC)(OC)OC. The van der Waals surface area contributed by atoms with E-state index < -0.39 is 14.9 Å². The number of carbonyl (C=O) groups is 1. The van der Waals surface area contributed by atoms with E-state index in [-0.39, 0.29) is 11.7 Å². The summed E-state index contributed by atoms with van der Waals surface area (Å²) < 4.78 is 16.1. The van der Waals surface area contributed by atoms with Crippen molar-refractivity contribution in [2.24, 2.45) is 0 Å². The van der Waals surface area contributed by atoms with Crippen LogP contribution in [0, 0.1) is 0 Å². The summed E-state index contributed by atoms with van der Waals surface area (Å²) >= 11 is 0. The molecule has 0 aromatic heterocycles. The quantitative estimate of drug-likeness (QED) is 0.277. The molecule has 0 aliphatic heterocycles. The first-order chi connectivity index (χ1) is 7.57. The normalized spacial score (nSPS) is 14.0. The minimum absolute atomic E-state index is 0.0784. The predicted molar refractivity (Wildman–Crippen MR) is 66.0 cm³/mol. The number of rotatable bonds is 8. The molecule has 0 heterocycles.